The van der Waals surface area contributed by atoms with Gasteiger partial charge in [0.2, 0.25) is 0 Å². The van der Waals surface area contributed by atoms with E-state index in [1.807, 2.05) is 0 Å². The van der Waals surface area contributed by atoms with Gasteiger partial charge in [0.15, 0.2) is 17.6 Å². The first-order chi connectivity index (χ1) is 8.70. The van der Waals surface area contributed by atoms with Crippen molar-refractivity contribution in [2.45, 2.75) is 25.4 Å². The van der Waals surface area contributed by atoms with Crippen LogP contribution >= 0.6 is 0 Å². The molecule has 98 valence electrons. The number of carbonyl (C=O) groups is 1. The summed E-state index contributed by atoms with van der Waals surface area (Å²) >= 11 is 0. The average Bonchev–Trinajstić information content (AvgIpc) is 2.55. The second kappa shape index (κ2) is 5.62. The zero-order chi connectivity index (χ0) is 13.0. The minimum absolute atomic E-state index is 0.0722. The van der Waals surface area contributed by atoms with Gasteiger partial charge < -0.3 is 20.5 Å². The van der Waals surface area contributed by atoms with Crippen LogP contribution in [0.5, 0.6) is 11.5 Å². The van der Waals surface area contributed by atoms with Gasteiger partial charge in [-0.05, 0) is 31.4 Å². The van der Waals surface area contributed by atoms with E-state index in [9.17, 15) is 4.79 Å². The van der Waals surface area contributed by atoms with E-state index in [-0.39, 0.29) is 5.91 Å². The Bertz CT molecular complexity index is 434. The Balaban J connectivity index is 2.16. The number of nitrogens with two attached hydrogens (primary N) is 1. The second-order valence-corrected chi connectivity index (χ2v) is 4.30. The fraction of sp³-hybridized carbons (Fsp3) is 0.462. The zero-order valence-electron chi connectivity index (χ0n) is 10.4. The molecule has 0 saturated carbocycles. The molecule has 5 nitrogen and oxygen atoms in total. The average molecular weight is 250 g/mol. The molecule has 1 heterocycles. The Morgan fingerprint density at radius 3 is 2.94 bits per heavy atom. The van der Waals surface area contributed by atoms with Crippen molar-refractivity contribution < 1.29 is 14.3 Å². The number of amides is 1. The van der Waals surface area contributed by atoms with Gasteiger partial charge >= 0.3 is 0 Å². The third kappa shape index (κ3) is 2.85. The maximum absolute atomic E-state index is 11.8. The standard InChI is InChI=1S/C13H18N2O3/c1-17-10-6-5-9(14)8-12(10)18-11-4-2-3-7-15-13(11)16/h5-6,8,11H,2-4,7,14H2,1H3,(H,15,16). The van der Waals surface area contributed by atoms with Crippen molar-refractivity contribution in [1.82, 2.24) is 5.32 Å². The number of hydrogen-bond donors (Lipinski definition) is 2. The van der Waals surface area contributed by atoms with Gasteiger partial charge in [-0.15, -0.1) is 0 Å². The summed E-state index contributed by atoms with van der Waals surface area (Å²) in [7, 11) is 1.56. The summed E-state index contributed by atoms with van der Waals surface area (Å²) in [6.07, 6.45) is 2.19. The van der Waals surface area contributed by atoms with Crippen molar-refractivity contribution >= 4 is 11.6 Å². The molecule has 3 N–H and O–H groups in total. The maximum Gasteiger partial charge on any atom is 0.261 e. The van der Waals surface area contributed by atoms with E-state index >= 15 is 0 Å². The zero-order valence-corrected chi connectivity index (χ0v) is 10.4. The molecular formula is C13H18N2O3. The van der Waals surface area contributed by atoms with Crippen LogP contribution in [0.1, 0.15) is 19.3 Å². The quantitative estimate of drug-likeness (QED) is 0.794. The van der Waals surface area contributed by atoms with Crippen molar-refractivity contribution in [3.05, 3.63) is 18.2 Å². The van der Waals surface area contributed by atoms with E-state index < -0.39 is 6.10 Å². The van der Waals surface area contributed by atoms with E-state index in [0.717, 1.165) is 12.8 Å². The Morgan fingerprint density at radius 2 is 2.17 bits per heavy atom. The molecule has 1 amide bonds. The van der Waals surface area contributed by atoms with E-state index in [1.165, 1.54) is 0 Å². The highest BCUT2D eigenvalue weighted by atomic mass is 16.5. The molecule has 18 heavy (non-hydrogen) atoms. The lowest BCUT2D eigenvalue weighted by atomic mass is 10.2. The molecule has 0 bridgehead atoms. The van der Waals surface area contributed by atoms with Gasteiger partial charge in [0.25, 0.3) is 5.91 Å². The van der Waals surface area contributed by atoms with Crippen LogP contribution in [-0.4, -0.2) is 25.7 Å². The highest BCUT2D eigenvalue weighted by molar-refractivity contribution is 5.81. The van der Waals surface area contributed by atoms with Crippen molar-refractivity contribution in [1.29, 1.82) is 0 Å². The largest absolute Gasteiger partial charge is 0.493 e. The molecule has 2 rings (SSSR count). The number of carbonyl (C=O) groups excluding carboxylic acids is 1. The summed E-state index contributed by atoms with van der Waals surface area (Å²) in [6.45, 7) is 0.715. The van der Waals surface area contributed by atoms with Crippen LogP contribution in [0, 0.1) is 0 Å². The molecule has 1 unspecified atom stereocenters. The second-order valence-electron chi connectivity index (χ2n) is 4.30. The molecule has 0 aromatic heterocycles. The molecule has 1 atom stereocenters. The van der Waals surface area contributed by atoms with Crippen LogP contribution in [0.2, 0.25) is 0 Å². The van der Waals surface area contributed by atoms with Gasteiger partial charge in [-0.2, -0.15) is 0 Å². The lowest BCUT2D eigenvalue weighted by molar-refractivity contribution is -0.127. The first-order valence-corrected chi connectivity index (χ1v) is 6.08. The highest BCUT2D eigenvalue weighted by Crippen LogP contribution is 2.30. The van der Waals surface area contributed by atoms with Crippen LogP contribution in [0.4, 0.5) is 5.69 Å². The first-order valence-electron chi connectivity index (χ1n) is 6.08. The topological polar surface area (TPSA) is 73.6 Å². The fourth-order valence-corrected chi connectivity index (χ4v) is 1.96. The number of rotatable bonds is 3. The molecule has 1 aliphatic rings. The molecule has 0 spiro atoms. The van der Waals surface area contributed by atoms with Crippen LogP contribution in [0.3, 0.4) is 0 Å². The van der Waals surface area contributed by atoms with Crippen LogP contribution in [-0.2, 0) is 4.79 Å². The monoisotopic (exact) mass is 250 g/mol. The van der Waals surface area contributed by atoms with Crippen molar-refractivity contribution in [3.8, 4) is 11.5 Å². The Morgan fingerprint density at radius 1 is 1.33 bits per heavy atom. The van der Waals surface area contributed by atoms with Gasteiger partial charge in [0.1, 0.15) is 0 Å². The summed E-state index contributed by atoms with van der Waals surface area (Å²) in [6, 6.07) is 5.15. The molecule has 1 aromatic carbocycles. The molecule has 1 saturated heterocycles. The third-order valence-corrected chi connectivity index (χ3v) is 2.94. The summed E-state index contributed by atoms with van der Waals surface area (Å²) < 4.78 is 10.9. The predicted molar refractivity (Wildman–Crippen MR) is 68.7 cm³/mol. The molecule has 0 aliphatic carbocycles. The van der Waals surface area contributed by atoms with Crippen LogP contribution < -0.4 is 20.5 Å². The Labute approximate surface area is 106 Å². The minimum atomic E-state index is -0.469. The first kappa shape index (κ1) is 12.5. The lowest BCUT2D eigenvalue weighted by Crippen LogP contribution is -2.36. The van der Waals surface area contributed by atoms with E-state index in [2.05, 4.69) is 5.32 Å². The SMILES string of the molecule is COc1ccc(N)cc1OC1CCCCNC1=O. The number of nitrogens with one attached hydrogen (secondary N) is 1. The number of methoxy groups -OCH3 is 1. The van der Waals surface area contributed by atoms with E-state index in [1.54, 1.807) is 25.3 Å². The van der Waals surface area contributed by atoms with E-state index in [4.69, 9.17) is 15.2 Å². The number of nitrogen functional groups attached to an aromatic ring is 1. The molecule has 1 aromatic rings. The van der Waals surface area contributed by atoms with Gasteiger partial charge in [0, 0.05) is 18.3 Å². The van der Waals surface area contributed by atoms with Crippen molar-refractivity contribution in [2.75, 3.05) is 19.4 Å². The van der Waals surface area contributed by atoms with Crippen LogP contribution in [0.15, 0.2) is 18.2 Å². The normalized spacial score (nSPS) is 19.8. The fourth-order valence-electron chi connectivity index (χ4n) is 1.96. The summed E-state index contributed by atoms with van der Waals surface area (Å²) in [5.41, 5.74) is 6.30. The highest BCUT2D eigenvalue weighted by Gasteiger charge is 2.23. The molecule has 1 fully saturated rings. The minimum Gasteiger partial charge on any atom is -0.493 e. The molecular weight excluding hydrogens is 232 g/mol. The van der Waals surface area contributed by atoms with Crippen molar-refractivity contribution in [3.63, 3.8) is 0 Å². The molecule has 5 heteroatoms. The Hall–Kier alpha value is -1.91. The predicted octanol–water partition coefficient (Wildman–Crippen LogP) is 1.32. The summed E-state index contributed by atoms with van der Waals surface area (Å²) in [4.78, 5) is 11.8. The van der Waals surface area contributed by atoms with E-state index in [0.29, 0.717) is 30.2 Å². The van der Waals surface area contributed by atoms with Gasteiger partial charge in [-0.1, -0.05) is 0 Å². The number of anilines is 1. The maximum atomic E-state index is 11.8. The van der Waals surface area contributed by atoms with Gasteiger partial charge in [-0.3, -0.25) is 4.79 Å². The number of benzene rings is 1. The Kier molecular flexibility index (Phi) is 3.92. The number of hydrogen-bond acceptors (Lipinski definition) is 4. The molecule has 1 aliphatic heterocycles. The van der Waals surface area contributed by atoms with Gasteiger partial charge in [0.05, 0.1) is 7.11 Å². The van der Waals surface area contributed by atoms with Crippen LogP contribution in [0.25, 0.3) is 0 Å². The van der Waals surface area contributed by atoms with Crippen molar-refractivity contribution in [2.24, 2.45) is 0 Å². The smallest absolute Gasteiger partial charge is 0.261 e. The lowest BCUT2D eigenvalue weighted by Gasteiger charge is -2.18. The summed E-state index contributed by atoms with van der Waals surface area (Å²) in [5.74, 6) is 1.03. The summed E-state index contributed by atoms with van der Waals surface area (Å²) in [5, 5.41) is 2.83. The van der Waals surface area contributed by atoms with Gasteiger partial charge in [-0.25, -0.2) is 0 Å². The number of ether oxygens (including phenoxy) is 2. The third-order valence-electron chi connectivity index (χ3n) is 2.94. The molecule has 0 radical (unpaired) electrons.